The van der Waals surface area contributed by atoms with Gasteiger partial charge in [0.05, 0.1) is 0 Å². The van der Waals surface area contributed by atoms with Gasteiger partial charge in [-0.15, -0.1) is 0 Å². The molecule has 1 aliphatic rings. The Morgan fingerprint density at radius 3 is 3.17 bits per heavy atom. The molecule has 2 rings (SSSR count). The summed E-state index contributed by atoms with van der Waals surface area (Å²) in [4.78, 5) is 0. The zero-order valence-corrected chi connectivity index (χ0v) is 7.86. The Kier molecular flexibility index (Phi) is 1.56. The molecule has 64 valence electrons. The van der Waals surface area contributed by atoms with E-state index in [0.29, 0.717) is 17.4 Å². The molecule has 12 heavy (non-hydrogen) atoms. The van der Waals surface area contributed by atoms with Crippen LogP contribution in [0.1, 0.15) is 27.2 Å². The number of rotatable bonds is 0. The summed E-state index contributed by atoms with van der Waals surface area (Å²) in [5, 5.41) is 0.627. The van der Waals surface area contributed by atoms with Gasteiger partial charge in [-0.2, -0.15) is 0 Å². The van der Waals surface area contributed by atoms with Gasteiger partial charge in [0.25, 0.3) is 0 Å². The molecule has 0 heterocycles. The smallest absolute Gasteiger partial charge is 0.0408 e. The van der Waals surface area contributed by atoms with E-state index in [-0.39, 0.29) is 0 Å². The maximum absolute atomic E-state index is 7.94. The SMILES string of the molecule is [2H]C1([2H])CC(C)Cc2ccc(Cl)cc21. The lowest BCUT2D eigenvalue weighted by atomic mass is 9.85. The highest BCUT2D eigenvalue weighted by Gasteiger charge is 2.14. The van der Waals surface area contributed by atoms with Crippen molar-refractivity contribution in [3.05, 3.63) is 34.3 Å². The molecule has 1 atom stereocenters. The van der Waals surface area contributed by atoms with Crippen LogP contribution in [0.2, 0.25) is 5.02 Å². The molecule has 0 aliphatic heterocycles. The summed E-state index contributed by atoms with van der Waals surface area (Å²) >= 11 is 5.87. The van der Waals surface area contributed by atoms with Crippen LogP contribution in [0.3, 0.4) is 0 Å². The number of halogens is 1. The first-order chi connectivity index (χ1) is 6.49. The number of benzene rings is 1. The second kappa shape index (κ2) is 3.10. The van der Waals surface area contributed by atoms with E-state index in [0.717, 1.165) is 17.5 Å². The van der Waals surface area contributed by atoms with E-state index in [1.54, 1.807) is 6.07 Å². The zero-order chi connectivity index (χ0) is 10.3. The molecule has 0 amide bonds. The normalized spacial score (nSPS) is 28.7. The van der Waals surface area contributed by atoms with Crippen LogP contribution < -0.4 is 0 Å². The third kappa shape index (κ3) is 1.49. The highest BCUT2D eigenvalue weighted by molar-refractivity contribution is 6.30. The quantitative estimate of drug-likeness (QED) is 0.577. The Balaban J connectivity index is 2.53. The lowest BCUT2D eigenvalue weighted by molar-refractivity contribution is 0.501. The first-order valence-electron chi connectivity index (χ1n) is 5.28. The average molecular weight is 183 g/mol. The van der Waals surface area contributed by atoms with E-state index in [4.69, 9.17) is 14.3 Å². The Hall–Kier alpha value is -0.490. The highest BCUT2D eigenvalue weighted by Crippen LogP contribution is 2.27. The Morgan fingerprint density at radius 1 is 1.50 bits per heavy atom. The van der Waals surface area contributed by atoms with E-state index in [2.05, 4.69) is 6.92 Å². The summed E-state index contributed by atoms with van der Waals surface area (Å²) in [6, 6.07) is 5.56. The number of fused-ring (bicyclic) bond motifs is 1. The summed E-state index contributed by atoms with van der Waals surface area (Å²) in [7, 11) is 0. The van der Waals surface area contributed by atoms with E-state index in [1.165, 1.54) is 0 Å². The Morgan fingerprint density at radius 2 is 2.33 bits per heavy atom. The van der Waals surface area contributed by atoms with Crippen LogP contribution in [-0.4, -0.2) is 0 Å². The Labute approximate surface area is 81.4 Å². The van der Waals surface area contributed by atoms with Crippen LogP contribution in [0, 0.1) is 5.92 Å². The lowest BCUT2D eigenvalue weighted by Gasteiger charge is -2.21. The van der Waals surface area contributed by atoms with Crippen LogP contribution in [-0.2, 0) is 12.8 Å². The van der Waals surface area contributed by atoms with Crippen LogP contribution in [0.4, 0.5) is 0 Å². The molecule has 0 bridgehead atoms. The van der Waals surface area contributed by atoms with Gasteiger partial charge in [0.2, 0.25) is 0 Å². The van der Waals surface area contributed by atoms with Crippen LogP contribution in [0.15, 0.2) is 18.2 Å². The van der Waals surface area contributed by atoms with Crippen molar-refractivity contribution in [1.82, 2.24) is 0 Å². The molecule has 0 radical (unpaired) electrons. The number of hydrogen-bond donors (Lipinski definition) is 0. The standard InChI is InChI=1S/C11H13Cl/c1-8-2-3-10-7-11(12)5-4-9(10)6-8/h4-5,7-8H,2-3,6H2,1H3/i3D2. The summed E-state index contributed by atoms with van der Waals surface area (Å²) in [5.41, 5.74) is 1.89. The molecule has 0 nitrogen and oxygen atoms in total. The minimum atomic E-state index is -1.21. The van der Waals surface area contributed by atoms with E-state index in [9.17, 15) is 0 Å². The predicted octanol–water partition coefficient (Wildman–Crippen LogP) is 3.46. The summed E-state index contributed by atoms with van der Waals surface area (Å²) < 4.78 is 15.9. The third-order valence-electron chi connectivity index (χ3n) is 2.28. The largest absolute Gasteiger partial charge is 0.0843 e. The summed E-state index contributed by atoms with van der Waals surface area (Å²) in [6.45, 7) is 2.09. The maximum atomic E-state index is 7.94. The topological polar surface area (TPSA) is 0 Å². The summed E-state index contributed by atoms with van der Waals surface area (Å²) in [5.74, 6) is 0.415. The van der Waals surface area contributed by atoms with Gasteiger partial charge < -0.3 is 0 Å². The van der Waals surface area contributed by atoms with E-state index < -0.39 is 6.37 Å². The van der Waals surface area contributed by atoms with Gasteiger partial charge in [-0.25, -0.2) is 0 Å². The minimum Gasteiger partial charge on any atom is -0.0843 e. The van der Waals surface area contributed by atoms with Crippen molar-refractivity contribution in [2.75, 3.05) is 0 Å². The van der Waals surface area contributed by atoms with Gasteiger partial charge in [-0.1, -0.05) is 24.6 Å². The molecular weight excluding hydrogens is 168 g/mol. The van der Waals surface area contributed by atoms with Gasteiger partial charge >= 0.3 is 0 Å². The second-order valence-electron chi connectivity index (χ2n) is 3.49. The van der Waals surface area contributed by atoms with Gasteiger partial charge in [0, 0.05) is 7.76 Å². The van der Waals surface area contributed by atoms with Crippen LogP contribution >= 0.6 is 11.6 Å². The van der Waals surface area contributed by atoms with Gasteiger partial charge in [0.1, 0.15) is 0 Å². The molecule has 1 heteroatoms. The molecule has 1 unspecified atom stereocenters. The molecule has 0 saturated carbocycles. The summed E-state index contributed by atoms with van der Waals surface area (Å²) in [6.07, 6.45) is 0.351. The highest BCUT2D eigenvalue weighted by atomic mass is 35.5. The van der Waals surface area contributed by atoms with Gasteiger partial charge in [-0.3, -0.25) is 0 Å². The van der Waals surface area contributed by atoms with Crippen LogP contribution in [0.25, 0.3) is 0 Å². The van der Waals surface area contributed by atoms with E-state index >= 15 is 0 Å². The molecule has 0 N–H and O–H groups in total. The molecule has 0 saturated heterocycles. The minimum absolute atomic E-state index is 0.415. The van der Waals surface area contributed by atoms with E-state index in [1.807, 2.05) is 12.1 Å². The van der Waals surface area contributed by atoms with Crippen molar-refractivity contribution in [2.24, 2.45) is 5.92 Å². The number of hydrogen-bond acceptors (Lipinski definition) is 0. The number of aryl methyl sites for hydroxylation is 1. The van der Waals surface area contributed by atoms with Crippen molar-refractivity contribution in [3.63, 3.8) is 0 Å². The second-order valence-corrected chi connectivity index (χ2v) is 3.93. The molecule has 0 aromatic heterocycles. The molecule has 1 aromatic carbocycles. The first-order valence-corrected chi connectivity index (χ1v) is 4.66. The Bertz CT molecular complexity index is 360. The lowest BCUT2D eigenvalue weighted by Crippen LogP contribution is -2.10. The third-order valence-corrected chi connectivity index (χ3v) is 2.52. The van der Waals surface area contributed by atoms with Gasteiger partial charge in [0.15, 0.2) is 0 Å². The van der Waals surface area contributed by atoms with Crippen LogP contribution in [0.5, 0.6) is 0 Å². The molecule has 0 spiro atoms. The van der Waals surface area contributed by atoms with Crippen molar-refractivity contribution in [2.45, 2.75) is 26.1 Å². The molecule has 0 fully saturated rings. The zero-order valence-electron chi connectivity index (χ0n) is 9.10. The van der Waals surface area contributed by atoms with Crippen molar-refractivity contribution in [1.29, 1.82) is 0 Å². The molecule has 1 aliphatic carbocycles. The fourth-order valence-electron chi connectivity index (χ4n) is 1.62. The fraction of sp³-hybridized carbons (Fsp3) is 0.455. The fourth-order valence-corrected chi connectivity index (χ4v) is 1.80. The van der Waals surface area contributed by atoms with Crippen molar-refractivity contribution >= 4 is 11.6 Å². The maximum Gasteiger partial charge on any atom is 0.0408 e. The van der Waals surface area contributed by atoms with Crippen molar-refractivity contribution in [3.8, 4) is 0 Å². The predicted molar refractivity (Wildman–Crippen MR) is 52.6 cm³/mol. The molecular formula is C11H13Cl. The molecule has 1 aromatic rings. The van der Waals surface area contributed by atoms with Crippen molar-refractivity contribution < 1.29 is 2.74 Å². The average Bonchev–Trinajstić information content (AvgIpc) is 2.05. The first kappa shape index (κ1) is 6.04. The monoisotopic (exact) mass is 182 g/mol. The van der Waals surface area contributed by atoms with Gasteiger partial charge in [-0.05, 0) is 48.4 Å².